The van der Waals surface area contributed by atoms with Crippen LogP contribution in [0.3, 0.4) is 0 Å². The Hall–Kier alpha value is -1.47. The summed E-state index contributed by atoms with van der Waals surface area (Å²) in [6.45, 7) is 2.66. The van der Waals surface area contributed by atoms with Crippen molar-refractivity contribution in [1.29, 1.82) is 0 Å². The molecular weight excluding hydrogens is 474 g/mol. The molecule has 6 rings (SSSR count). The lowest BCUT2D eigenvalue weighted by molar-refractivity contribution is -0.126. The van der Waals surface area contributed by atoms with Crippen LogP contribution < -0.4 is 10.9 Å². The SMILES string of the molecule is C[C@@H](NC(=O)CCCn1c(=S)[nH]c2ccc(Br)cc2c1=O)C12CC3CC(CC(C3)C1)C2. The summed E-state index contributed by atoms with van der Waals surface area (Å²) in [5.74, 6) is 2.74. The lowest BCUT2D eigenvalue weighted by Crippen LogP contribution is -2.55. The predicted octanol–water partition coefficient (Wildman–Crippen LogP) is 5.32. The summed E-state index contributed by atoms with van der Waals surface area (Å²) in [5.41, 5.74) is 0.939. The molecule has 4 fully saturated rings. The predicted molar refractivity (Wildman–Crippen MR) is 129 cm³/mol. The number of carbonyl (C=O) groups is 1. The number of H-pyrrole nitrogens is 1. The van der Waals surface area contributed by atoms with E-state index in [0.717, 1.165) is 27.7 Å². The van der Waals surface area contributed by atoms with Gasteiger partial charge in [-0.3, -0.25) is 14.2 Å². The van der Waals surface area contributed by atoms with Crippen LogP contribution in [0, 0.1) is 27.9 Å². The van der Waals surface area contributed by atoms with Crippen molar-refractivity contribution in [3.8, 4) is 0 Å². The van der Waals surface area contributed by atoms with Crippen LogP contribution >= 0.6 is 28.1 Å². The van der Waals surface area contributed by atoms with Gasteiger partial charge in [0.15, 0.2) is 4.77 Å². The van der Waals surface area contributed by atoms with Gasteiger partial charge in [0, 0.05) is 23.5 Å². The van der Waals surface area contributed by atoms with E-state index in [2.05, 4.69) is 33.2 Å². The Morgan fingerprint density at radius 3 is 2.55 bits per heavy atom. The maximum Gasteiger partial charge on any atom is 0.262 e. The second kappa shape index (κ2) is 8.14. The Morgan fingerprint density at radius 2 is 1.90 bits per heavy atom. The number of amides is 1. The van der Waals surface area contributed by atoms with E-state index in [1.807, 2.05) is 12.1 Å². The molecule has 1 atom stereocenters. The number of benzene rings is 1. The molecule has 5 nitrogen and oxygen atoms in total. The van der Waals surface area contributed by atoms with Gasteiger partial charge in [0.05, 0.1) is 10.9 Å². The second-order valence-corrected chi connectivity index (χ2v) is 11.6. The van der Waals surface area contributed by atoms with Gasteiger partial charge in [-0.2, -0.15) is 0 Å². The summed E-state index contributed by atoms with van der Waals surface area (Å²) in [5, 5.41) is 3.92. The fourth-order valence-corrected chi connectivity index (χ4v) is 7.64. The quantitative estimate of drug-likeness (QED) is 0.523. The van der Waals surface area contributed by atoms with Crippen LogP contribution in [0.4, 0.5) is 0 Å². The number of rotatable bonds is 6. The van der Waals surface area contributed by atoms with Crippen LogP contribution in [0.25, 0.3) is 10.9 Å². The largest absolute Gasteiger partial charge is 0.353 e. The van der Waals surface area contributed by atoms with E-state index in [-0.39, 0.29) is 17.5 Å². The molecule has 0 radical (unpaired) electrons. The fourth-order valence-electron chi connectivity index (χ4n) is 7.00. The molecule has 0 spiro atoms. The Kier molecular flexibility index (Phi) is 5.62. The number of aromatic nitrogens is 2. The average Bonchev–Trinajstić information content (AvgIpc) is 2.70. The third-order valence-electron chi connectivity index (χ3n) is 8.11. The smallest absolute Gasteiger partial charge is 0.262 e. The van der Waals surface area contributed by atoms with Gasteiger partial charge < -0.3 is 10.3 Å². The topological polar surface area (TPSA) is 66.9 Å². The molecular formula is C24H30BrN3O2S. The van der Waals surface area contributed by atoms with Crippen molar-refractivity contribution < 1.29 is 4.79 Å². The molecule has 0 unspecified atom stereocenters. The van der Waals surface area contributed by atoms with E-state index in [4.69, 9.17) is 12.2 Å². The Bertz CT molecular complexity index is 1100. The summed E-state index contributed by atoms with van der Waals surface area (Å²) in [6, 6.07) is 5.77. The van der Waals surface area contributed by atoms with E-state index in [0.29, 0.717) is 35.0 Å². The maximum absolute atomic E-state index is 12.9. The monoisotopic (exact) mass is 503 g/mol. The van der Waals surface area contributed by atoms with Crippen molar-refractivity contribution in [2.45, 2.75) is 70.9 Å². The highest BCUT2D eigenvalue weighted by Gasteiger charge is 2.53. The highest BCUT2D eigenvalue weighted by atomic mass is 79.9. The van der Waals surface area contributed by atoms with Crippen molar-refractivity contribution in [3.63, 3.8) is 0 Å². The number of nitrogens with zero attached hydrogens (tertiary/aromatic N) is 1. The molecule has 4 bridgehead atoms. The molecule has 166 valence electrons. The molecule has 31 heavy (non-hydrogen) atoms. The number of nitrogens with one attached hydrogen (secondary N) is 2. The van der Waals surface area contributed by atoms with Crippen LogP contribution in [0.15, 0.2) is 27.5 Å². The Morgan fingerprint density at radius 1 is 1.26 bits per heavy atom. The van der Waals surface area contributed by atoms with Crippen molar-refractivity contribution >= 4 is 45.0 Å². The van der Waals surface area contributed by atoms with Gasteiger partial charge in [0.25, 0.3) is 5.56 Å². The lowest BCUT2D eigenvalue weighted by atomic mass is 9.48. The first-order valence-electron chi connectivity index (χ1n) is 11.5. The average molecular weight is 504 g/mol. The van der Waals surface area contributed by atoms with Crippen molar-refractivity contribution in [2.75, 3.05) is 0 Å². The number of hydrogen-bond donors (Lipinski definition) is 2. The number of fused-ring (bicyclic) bond motifs is 1. The van der Waals surface area contributed by atoms with Gasteiger partial charge in [-0.05, 0) is 105 Å². The third kappa shape index (κ3) is 4.04. The second-order valence-electron chi connectivity index (χ2n) is 10.2. The number of halogens is 1. The molecule has 4 saturated carbocycles. The van der Waals surface area contributed by atoms with Gasteiger partial charge in [-0.15, -0.1) is 0 Å². The minimum Gasteiger partial charge on any atom is -0.353 e. The molecule has 4 aliphatic rings. The fraction of sp³-hybridized carbons (Fsp3) is 0.625. The molecule has 1 aromatic heterocycles. The van der Waals surface area contributed by atoms with Gasteiger partial charge in [-0.25, -0.2) is 0 Å². The van der Waals surface area contributed by atoms with Gasteiger partial charge in [0.2, 0.25) is 5.91 Å². The van der Waals surface area contributed by atoms with Crippen molar-refractivity contribution in [3.05, 3.63) is 37.8 Å². The van der Waals surface area contributed by atoms with Crippen LogP contribution in [0.5, 0.6) is 0 Å². The number of hydrogen-bond acceptors (Lipinski definition) is 3. The van der Waals surface area contributed by atoms with Crippen LogP contribution in [0.2, 0.25) is 0 Å². The summed E-state index contributed by atoms with van der Waals surface area (Å²) in [7, 11) is 0. The maximum atomic E-state index is 12.9. The molecule has 1 aromatic carbocycles. The van der Waals surface area contributed by atoms with Gasteiger partial charge in [-0.1, -0.05) is 15.9 Å². The first-order chi connectivity index (χ1) is 14.8. The Labute approximate surface area is 196 Å². The molecule has 0 saturated heterocycles. The van der Waals surface area contributed by atoms with Crippen LogP contribution in [-0.4, -0.2) is 21.5 Å². The van der Waals surface area contributed by atoms with Gasteiger partial charge >= 0.3 is 0 Å². The highest BCUT2D eigenvalue weighted by molar-refractivity contribution is 9.10. The normalized spacial score (nSPS) is 29.9. The van der Waals surface area contributed by atoms with E-state index >= 15 is 0 Å². The Balaban J connectivity index is 1.21. The van der Waals surface area contributed by atoms with E-state index in [1.165, 1.54) is 38.5 Å². The molecule has 1 amide bonds. The zero-order valence-electron chi connectivity index (χ0n) is 18.0. The standard InChI is InChI=1S/C24H30BrN3O2S/c1-14(24-11-15-7-16(12-24)9-17(8-15)13-24)26-21(29)3-2-6-28-22(30)19-10-18(25)4-5-20(19)27-23(28)31/h4-5,10,14-17H,2-3,6-9,11-13H2,1H3,(H,26,29)(H,27,31)/t14-,15?,16?,17?,24?/m1/s1. The third-order valence-corrected chi connectivity index (χ3v) is 8.93. The first-order valence-corrected chi connectivity index (χ1v) is 12.7. The van der Waals surface area contributed by atoms with Crippen LogP contribution in [0.1, 0.15) is 58.3 Å². The number of aromatic amines is 1. The zero-order chi connectivity index (χ0) is 21.8. The summed E-state index contributed by atoms with van der Waals surface area (Å²) < 4.78 is 2.83. The lowest BCUT2D eigenvalue weighted by Gasteiger charge is -2.59. The summed E-state index contributed by atoms with van der Waals surface area (Å²) in [6.07, 6.45) is 9.12. The van der Waals surface area contributed by atoms with Crippen molar-refractivity contribution in [2.24, 2.45) is 23.2 Å². The summed E-state index contributed by atoms with van der Waals surface area (Å²) in [4.78, 5) is 28.7. The van der Waals surface area contributed by atoms with Gasteiger partial charge in [0.1, 0.15) is 0 Å². The van der Waals surface area contributed by atoms with Crippen LogP contribution in [-0.2, 0) is 11.3 Å². The molecule has 2 aromatic rings. The molecule has 2 N–H and O–H groups in total. The van der Waals surface area contributed by atoms with Crippen molar-refractivity contribution in [1.82, 2.24) is 14.9 Å². The minimum atomic E-state index is -0.109. The molecule has 1 heterocycles. The summed E-state index contributed by atoms with van der Waals surface area (Å²) >= 11 is 8.81. The van der Waals surface area contributed by atoms with E-state index in [1.54, 1.807) is 10.6 Å². The number of carbonyl (C=O) groups excluding carboxylic acids is 1. The molecule has 0 aliphatic heterocycles. The minimum absolute atomic E-state index is 0.0923. The first kappa shape index (κ1) is 21.4. The van der Waals surface area contributed by atoms with E-state index in [9.17, 15) is 9.59 Å². The molecule has 7 heteroatoms. The van der Waals surface area contributed by atoms with E-state index < -0.39 is 0 Å². The zero-order valence-corrected chi connectivity index (χ0v) is 20.4. The highest BCUT2D eigenvalue weighted by Crippen LogP contribution is 2.61. The molecule has 4 aliphatic carbocycles.